The minimum atomic E-state index is 0.314. The van der Waals surface area contributed by atoms with Crippen LogP contribution in [0.15, 0.2) is 36.5 Å². The van der Waals surface area contributed by atoms with Gasteiger partial charge in [0.25, 0.3) is 0 Å². The van der Waals surface area contributed by atoms with Gasteiger partial charge in [-0.25, -0.2) is 0 Å². The highest BCUT2D eigenvalue weighted by molar-refractivity contribution is 5.75. The lowest BCUT2D eigenvalue weighted by atomic mass is 10.1. The van der Waals surface area contributed by atoms with E-state index in [1.807, 2.05) is 0 Å². The fourth-order valence-electron chi connectivity index (χ4n) is 1.63. The molecule has 0 atom stereocenters. The van der Waals surface area contributed by atoms with Gasteiger partial charge in [0.05, 0.1) is 0 Å². The van der Waals surface area contributed by atoms with Crippen molar-refractivity contribution in [1.29, 1.82) is 0 Å². The van der Waals surface area contributed by atoms with E-state index in [1.54, 1.807) is 6.92 Å². The Kier molecular flexibility index (Phi) is 13.1. The zero-order valence-corrected chi connectivity index (χ0v) is 12.0. The molecule has 0 aromatic heterocycles. The predicted octanol–water partition coefficient (Wildman–Crippen LogP) is 5.38. The van der Waals surface area contributed by atoms with E-state index in [1.165, 1.54) is 12.8 Å². The molecule has 0 heterocycles. The molecule has 0 aliphatic heterocycles. The van der Waals surface area contributed by atoms with Crippen LogP contribution in [-0.2, 0) is 4.79 Å². The summed E-state index contributed by atoms with van der Waals surface area (Å²) >= 11 is 0. The molecule has 0 aliphatic rings. The van der Waals surface area contributed by atoms with E-state index in [9.17, 15) is 4.79 Å². The minimum absolute atomic E-state index is 0.314. The Labute approximate surface area is 113 Å². The third-order valence-electron chi connectivity index (χ3n) is 2.69. The number of carbonyl (C=O) groups excluding carboxylic acids is 1. The highest BCUT2D eigenvalue weighted by Gasteiger charge is 1.92. The molecular formula is C17H28O. The van der Waals surface area contributed by atoms with Crippen molar-refractivity contribution >= 4 is 5.78 Å². The van der Waals surface area contributed by atoms with Crippen LogP contribution in [0.3, 0.4) is 0 Å². The molecule has 0 saturated heterocycles. The van der Waals surface area contributed by atoms with Crippen LogP contribution in [0, 0.1) is 0 Å². The van der Waals surface area contributed by atoms with Crippen molar-refractivity contribution in [3.8, 4) is 0 Å². The Hall–Kier alpha value is -1.11. The van der Waals surface area contributed by atoms with Crippen molar-refractivity contribution in [2.75, 3.05) is 0 Å². The standard InChI is InChI=1S/C17H28O/c1-3-4-5-6-7-8-9-10-11-12-13-14-15-16-17(2)18/h4-7,10-11H,3,8-9,12-16H2,1-2H3/b5-4+,7-6-,11-10-. The summed E-state index contributed by atoms with van der Waals surface area (Å²) in [5, 5.41) is 0. The number of hydrogen-bond acceptors (Lipinski definition) is 1. The Balaban J connectivity index is 3.26. The molecule has 0 aliphatic carbocycles. The minimum Gasteiger partial charge on any atom is -0.300 e. The molecule has 0 radical (unpaired) electrons. The number of rotatable bonds is 11. The van der Waals surface area contributed by atoms with Crippen LogP contribution in [0.4, 0.5) is 0 Å². The van der Waals surface area contributed by atoms with Crippen LogP contribution in [0.2, 0.25) is 0 Å². The molecule has 0 amide bonds. The van der Waals surface area contributed by atoms with Gasteiger partial charge >= 0.3 is 0 Å². The Morgan fingerprint density at radius 3 is 2.22 bits per heavy atom. The fraction of sp³-hybridized carbons (Fsp3) is 0.588. The third-order valence-corrected chi connectivity index (χ3v) is 2.69. The summed E-state index contributed by atoms with van der Waals surface area (Å²) in [6, 6.07) is 0. The first-order chi connectivity index (χ1) is 8.77. The van der Waals surface area contributed by atoms with Crippen LogP contribution in [0.25, 0.3) is 0 Å². The van der Waals surface area contributed by atoms with Crippen LogP contribution in [0.5, 0.6) is 0 Å². The van der Waals surface area contributed by atoms with Crippen molar-refractivity contribution in [3.63, 3.8) is 0 Å². The van der Waals surface area contributed by atoms with E-state index in [-0.39, 0.29) is 0 Å². The summed E-state index contributed by atoms with van der Waals surface area (Å²) in [5.41, 5.74) is 0. The quantitative estimate of drug-likeness (QED) is 0.272. The lowest BCUT2D eigenvalue weighted by Crippen LogP contribution is -1.88. The average Bonchev–Trinajstić information content (AvgIpc) is 2.34. The lowest BCUT2D eigenvalue weighted by Gasteiger charge is -1.95. The molecule has 102 valence electrons. The van der Waals surface area contributed by atoms with Gasteiger partial charge in [0.1, 0.15) is 5.78 Å². The van der Waals surface area contributed by atoms with Crippen molar-refractivity contribution < 1.29 is 4.79 Å². The van der Waals surface area contributed by atoms with E-state index < -0.39 is 0 Å². The highest BCUT2D eigenvalue weighted by Crippen LogP contribution is 2.05. The molecule has 1 heteroatoms. The number of unbranched alkanes of at least 4 members (excludes halogenated alkanes) is 4. The molecule has 0 saturated carbocycles. The normalized spacial score (nSPS) is 12.1. The van der Waals surface area contributed by atoms with Gasteiger partial charge in [-0.2, -0.15) is 0 Å². The number of Topliss-reactive ketones (excluding diaryl/α,β-unsaturated/α-hetero) is 1. The van der Waals surface area contributed by atoms with Crippen molar-refractivity contribution in [1.82, 2.24) is 0 Å². The molecule has 0 spiro atoms. The number of hydrogen-bond donors (Lipinski definition) is 0. The molecule has 0 bridgehead atoms. The molecule has 1 nitrogen and oxygen atoms in total. The van der Waals surface area contributed by atoms with Crippen molar-refractivity contribution in [2.45, 2.75) is 65.2 Å². The van der Waals surface area contributed by atoms with Crippen LogP contribution in [0.1, 0.15) is 65.2 Å². The molecule has 0 N–H and O–H groups in total. The second-order valence-corrected chi connectivity index (χ2v) is 4.61. The Morgan fingerprint density at radius 1 is 0.833 bits per heavy atom. The maximum atomic E-state index is 10.7. The van der Waals surface area contributed by atoms with Gasteiger partial charge in [-0.3, -0.25) is 0 Å². The molecule has 0 rings (SSSR count). The lowest BCUT2D eigenvalue weighted by molar-refractivity contribution is -0.117. The maximum Gasteiger partial charge on any atom is 0.129 e. The molecule has 0 aromatic rings. The SMILES string of the molecule is CC/C=C/C=C\CC/C=C\CCCCCC(C)=O. The summed E-state index contributed by atoms with van der Waals surface area (Å²) in [4.78, 5) is 10.7. The van der Waals surface area contributed by atoms with Gasteiger partial charge in [0.15, 0.2) is 0 Å². The fourth-order valence-corrected chi connectivity index (χ4v) is 1.63. The Morgan fingerprint density at radius 2 is 1.50 bits per heavy atom. The summed E-state index contributed by atoms with van der Waals surface area (Å²) in [6.07, 6.45) is 21.8. The zero-order valence-electron chi connectivity index (χ0n) is 12.0. The topological polar surface area (TPSA) is 17.1 Å². The maximum absolute atomic E-state index is 10.7. The monoisotopic (exact) mass is 248 g/mol. The highest BCUT2D eigenvalue weighted by atomic mass is 16.1. The van der Waals surface area contributed by atoms with Gasteiger partial charge < -0.3 is 4.79 Å². The zero-order chi connectivity index (χ0) is 13.5. The third kappa shape index (κ3) is 14.9. The van der Waals surface area contributed by atoms with Gasteiger partial charge in [0.2, 0.25) is 0 Å². The molecular weight excluding hydrogens is 220 g/mol. The van der Waals surface area contributed by atoms with Crippen molar-refractivity contribution in [2.24, 2.45) is 0 Å². The number of carbonyl (C=O) groups is 1. The van der Waals surface area contributed by atoms with Gasteiger partial charge in [-0.15, -0.1) is 0 Å². The summed E-state index contributed by atoms with van der Waals surface area (Å²) in [5.74, 6) is 0.314. The van der Waals surface area contributed by atoms with Gasteiger partial charge in [-0.05, 0) is 45.4 Å². The number of ketones is 1. The average molecular weight is 248 g/mol. The van der Waals surface area contributed by atoms with Crippen LogP contribution < -0.4 is 0 Å². The first-order valence-corrected chi connectivity index (χ1v) is 7.23. The molecule has 0 fully saturated rings. The van der Waals surface area contributed by atoms with Gasteiger partial charge in [-0.1, -0.05) is 49.8 Å². The van der Waals surface area contributed by atoms with Crippen molar-refractivity contribution in [3.05, 3.63) is 36.5 Å². The number of allylic oxidation sites excluding steroid dienone is 6. The summed E-state index contributed by atoms with van der Waals surface area (Å²) < 4.78 is 0. The van der Waals surface area contributed by atoms with E-state index >= 15 is 0 Å². The van der Waals surface area contributed by atoms with E-state index in [2.05, 4.69) is 43.4 Å². The first-order valence-electron chi connectivity index (χ1n) is 7.23. The Bertz CT molecular complexity index is 271. The predicted molar refractivity (Wildman–Crippen MR) is 80.7 cm³/mol. The molecule has 18 heavy (non-hydrogen) atoms. The van der Waals surface area contributed by atoms with Gasteiger partial charge in [0, 0.05) is 6.42 Å². The largest absolute Gasteiger partial charge is 0.300 e. The summed E-state index contributed by atoms with van der Waals surface area (Å²) in [7, 11) is 0. The van der Waals surface area contributed by atoms with Crippen LogP contribution in [-0.4, -0.2) is 5.78 Å². The smallest absolute Gasteiger partial charge is 0.129 e. The molecule has 0 aromatic carbocycles. The van der Waals surface area contributed by atoms with E-state index in [0.717, 1.165) is 38.5 Å². The summed E-state index contributed by atoms with van der Waals surface area (Å²) in [6.45, 7) is 3.81. The van der Waals surface area contributed by atoms with E-state index in [4.69, 9.17) is 0 Å². The molecule has 0 unspecified atom stereocenters. The second-order valence-electron chi connectivity index (χ2n) is 4.61. The first kappa shape index (κ1) is 16.9. The van der Waals surface area contributed by atoms with Crippen LogP contribution >= 0.6 is 0 Å². The van der Waals surface area contributed by atoms with E-state index in [0.29, 0.717) is 5.78 Å². The second kappa shape index (κ2) is 14.0.